The second-order valence-electron chi connectivity index (χ2n) is 5.85. The summed E-state index contributed by atoms with van der Waals surface area (Å²) in [7, 11) is 1.79. The zero-order chi connectivity index (χ0) is 15.8. The van der Waals surface area contributed by atoms with Gasteiger partial charge in [-0.25, -0.2) is 0 Å². The van der Waals surface area contributed by atoms with E-state index >= 15 is 0 Å². The van der Waals surface area contributed by atoms with E-state index in [0.717, 1.165) is 44.5 Å². The smallest absolute Gasteiger partial charge is 0.191 e. The van der Waals surface area contributed by atoms with Crippen molar-refractivity contribution in [3.05, 3.63) is 18.0 Å². The highest BCUT2D eigenvalue weighted by Gasteiger charge is 2.23. The molecule has 3 N–H and O–H groups in total. The number of nitrogens with one attached hydrogen (secondary N) is 3. The van der Waals surface area contributed by atoms with Gasteiger partial charge in [-0.05, 0) is 12.0 Å². The van der Waals surface area contributed by atoms with Crippen molar-refractivity contribution in [3.8, 4) is 0 Å². The molecule has 2 rings (SSSR count). The van der Waals surface area contributed by atoms with Crippen molar-refractivity contribution >= 4 is 29.9 Å². The molecule has 0 saturated carbocycles. The third-order valence-electron chi connectivity index (χ3n) is 3.99. The van der Waals surface area contributed by atoms with Gasteiger partial charge >= 0.3 is 0 Å². The van der Waals surface area contributed by atoms with Crippen molar-refractivity contribution in [3.63, 3.8) is 0 Å². The first kappa shape index (κ1) is 20.2. The number of guanidine groups is 1. The Kier molecular flexibility index (Phi) is 9.49. The average molecular weight is 436 g/mol. The van der Waals surface area contributed by atoms with Crippen LogP contribution in [0.25, 0.3) is 0 Å². The molecule has 23 heavy (non-hydrogen) atoms. The van der Waals surface area contributed by atoms with E-state index in [1.807, 2.05) is 6.07 Å². The van der Waals surface area contributed by atoms with E-state index in [-0.39, 0.29) is 24.0 Å². The number of hydrogen-bond acceptors (Lipinski definition) is 4. The van der Waals surface area contributed by atoms with Crippen molar-refractivity contribution in [2.24, 2.45) is 10.9 Å². The molecule has 1 aromatic heterocycles. The highest BCUT2D eigenvalue weighted by atomic mass is 127. The molecule has 1 saturated heterocycles. The molecule has 0 amide bonds. The maximum Gasteiger partial charge on any atom is 0.191 e. The molecule has 0 aromatic carbocycles. The number of aromatic nitrogens is 2. The van der Waals surface area contributed by atoms with Crippen LogP contribution in [0, 0.1) is 5.92 Å². The van der Waals surface area contributed by atoms with Crippen LogP contribution in [0.5, 0.6) is 0 Å². The van der Waals surface area contributed by atoms with Gasteiger partial charge in [0.15, 0.2) is 5.96 Å². The lowest BCUT2D eigenvalue weighted by molar-refractivity contribution is 0.00752. The summed E-state index contributed by atoms with van der Waals surface area (Å²) in [5.41, 5.74) is 1.04. The van der Waals surface area contributed by atoms with Crippen LogP contribution >= 0.6 is 24.0 Å². The Bertz CT molecular complexity index is 445. The minimum Gasteiger partial charge on any atom is -0.379 e. The molecule has 0 bridgehead atoms. The first-order valence-corrected chi connectivity index (χ1v) is 7.95. The second-order valence-corrected chi connectivity index (χ2v) is 5.85. The Morgan fingerprint density at radius 3 is 2.70 bits per heavy atom. The van der Waals surface area contributed by atoms with E-state index in [0.29, 0.717) is 18.5 Å². The number of aromatic amines is 1. The summed E-state index contributed by atoms with van der Waals surface area (Å²) in [6, 6.07) is 2.43. The van der Waals surface area contributed by atoms with Crippen molar-refractivity contribution < 1.29 is 4.74 Å². The van der Waals surface area contributed by atoms with Crippen LogP contribution in [-0.4, -0.2) is 67.0 Å². The Morgan fingerprint density at radius 2 is 2.13 bits per heavy atom. The zero-order valence-corrected chi connectivity index (χ0v) is 16.5. The monoisotopic (exact) mass is 436 g/mol. The van der Waals surface area contributed by atoms with Gasteiger partial charge in [0.05, 0.1) is 25.5 Å². The molecule has 8 heteroatoms. The largest absolute Gasteiger partial charge is 0.379 e. The van der Waals surface area contributed by atoms with Gasteiger partial charge in [0.1, 0.15) is 0 Å². The summed E-state index contributed by atoms with van der Waals surface area (Å²) in [6.07, 6.45) is 1.75. The third-order valence-corrected chi connectivity index (χ3v) is 3.99. The lowest BCUT2D eigenvalue weighted by atomic mass is 10.0. The summed E-state index contributed by atoms with van der Waals surface area (Å²) in [5, 5.41) is 13.6. The summed E-state index contributed by atoms with van der Waals surface area (Å²) in [6.45, 7) is 9.76. The van der Waals surface area contributed by atoms with Crippen molar-refractivity contribution in [1.29, 1.82) is 0 Å². The maximum atomic E-state index is 5.45. The van der Waals surface area contributed by atoms with Gasteiger partial charge in [-0.3, -0.25) is 15.0 Å². The van der Waals surface area contributed by atoms with Crippen LogP contribution in [0.2, 0.25) is 0 Å². The second kappa shape index (κ2) is 10.8. The standard InChI is InChI=1S/C15H28N6O.HI/c1-12(2)14(21-6-8-22-9-7-21)11-18-15(16-3)17-10-13-4-5-19-20-13;/h4-5,12,14H,6-11H2,1-3H3,(H,19,20)(H2,16,17,18);1H. The SMILES string of the molecule is CN=C(NCc1ccn[nH]1)NCC(C(C)C)N1CCOCC1.I. The van der Waals surface area contributed by atoms with Gasteiger partial charge < -0.3 is 15.4 Å². The zero-order valence-electron chi connectivity index (χ0n) is 14.2. The van der Waals surface area contributed by atoms with Crippen LogP contribution < -0.4 is 10.6 Å². The lowest BCUT2D eigenvalue weighted by Crippen LogP contribution is -2.52. The number of rotatable bonds is 6. The topological polar surface area (TPSA) is 77.6 Å². The molecule has 7 nitrogen and oxygen atoms in total. The Morgan fingerprint density at radius 1 is 1.39 bits per heavy atom. The van der Waals surface area contributed by atoms with E-state index in [1.165, 1.54) is 0 Å². The summed E-state index contributed by atoms with van der Waals surface area (Å²) >= 11 is 0. The normalized spacial score (nSPS) is 17.7. The quantitative estimate of drug-likeness (QED) is 0.353. The molecule has 1 unspecified atom stereocenters. The minimum absolute atomic E-state index is 0. The lowest BCUT2D eigenvalue weighted by Gasteiger charge is -2.37. The van der Waals surface area contributed by atoms with Gasteiger partial charge in [-0.2, -0.15) is 5.10 Å². The highest BCUT2D eigenvalue weighted by molar-refractivity contribution is 14.0. The number of ether oxygens (including phenoxy) is 1. The molecule has 1 fully saturated rings. The Labute approximate surface area is 155 Å². The number of nitrogens with zero attached hydrogens (tertiary/aromatic N) is 3. The van der Waals surface area contributed by atoms with Gasteiger partial charge in [-0.1, -0.05) is 13.8 Å². The number of H-pyrrole nitrogens is 1. The van der Waals surface area contributed by atoms with Gasteiger partial charge in [-0.15, -0.1) is 24.0 Å². The van der Waals surface area contributed by atoms with Crippen LogP contribution in [-0.2, 0) is 11.3 Å². The van der Waals surface area contributed by atoms with E-state index in [9.17, 15) is 0 Å². The van der Waals surface area contributed by atoms with Gasteiger partial charge in [0.25, 0.3) is 0 Å². The number of aliphatic imine (C=N–C) groups is 1. The molecule has 0 aliphatic carbocycles. The van der Waals surface area contributed by atoms with Crippen LogP contribution in [0.1, 0.15) is 19.5 Å². The minimum atomic E-state index is 0. The molecular weight excluding hydrogens is 407 g/mol. The van der Waals surface area contributed by atoms with E-state index < -0.39 is 0 Å². The first-order valence-electron chi connectivity index (χ1n) is 7.95. The van der Waals surface area contributed by atoms with Gasteiger partial charge in [0.2, 0.25) is 0 Å². The summed E-state index contributed by atoms with van der Waals surface area (Å²) < 4.78 is 5.45. The number of morpholine rings is 1. The third kappa shape index (κ3) is 6.64. The average Bonchev–Trinajstić information content (AvgIpc) is 3.04. The first-order chi connectivity index (χ1) is 10.7. The van der Waals surface area contributed by atoms with Crippen molar-refractivity contribution in [2.45, 2.75) is 26.4 Å². The fraction of sp³-hybridized carbons (Fsp3) is 0.733. The molecule has 1 aliphatic heterocycles. The summed E-state index contributed by atoms with van der Waals surface area (Å²) in [4.78, 5) is 6.78. The highest BCUT2D eigenvalue weighted by Crippen LogP contribution is 2.12. The fourth-order valence-electron chi connectivity index (χ4n) is 2.68. The van der Waals surface area contributed by atoms with Gasteiger partial charge in [0, 0.05) is 38.9 Å². The molecule has 0 radical (unpaired) electrons. The molecule has 1 atom stereocenters. The van der Waals surface area contributed by atoms with E-state index in [4.69, 9.17) is 4.74 Å². The predicted molar refractivity (Wildman–Crippen MR) is 103 cm³/mol. The molecule has 132 valence electrons. The van der Waals surface area contributed by atoms with Crippen LogP contribution in [0.3, 0.4) is 0 Å². The number of hydrogen-bond donors (Lipinski definition) is 3. The molecule has 0 spiro atoms. The Hall–Kier alpha value is -0.870. The van der Waals surface area contributed by atoms with Crippen molar-refractivity contribution in [2.75, 3.05) is 39.9 Å². The van der Waals surface area contributed by atoms with E-state index in [2.05, 4.69) is 44.6 Å². The Balaban J connectivity index is 0.00000264. The van der Waals surface area contributed by atoms with Crippen LogP contribution in [0.4, 0.5) is 0 Å². The van der Waals surface area contributed by atoms with Crippen LogP contribution in [0.15, 0.2) is 17.3 Å². The molecule has 1 aliphatic rings. The maximum absolute atomic E-state index is 5.45. The van der Waals surface area contributed by atoms with Crippen molar-refractivity contribution in [1.82, 2.24) is 25.7 Å². The predicted octanol–water partition coefficient (Wildman–Crippen LogP) is 1.05. The molecular formula is C15H29IN6O. The molecule has 2 heterocycles. The van der Waals surface area contributed by atoms with E-state index in [1.54, 1.807) is 13.2 Å². The fourth-order valence-corrected chi connectivity index (χ4v) is 2.68. The molecule has 1 aromatic rings. The number of halogens is 1. The summed E-state index contributed by atoms with van der Waals surface area (Å²) in [5.74, 6) is 1.39.